The van der Waals surface area contributed by atoms with E-state index >= 15 is 0 Å². The van der Waals surface area contributed by atoms with Gasteiger partial charge in [-0.2, -0.15) is 0 Å². The van der Waals surface area contributed by atoms with Crippen LogP contribution in [0.2, 0.25) is 0 Å². The van der Waals surface area contributed by atoms with E-state index in [2.05, 4.69) is 0 Å². The molecule has 0 aliphatic carbocycles. The molecule has 3 heteroatoms. The summed E-state index contributed by atoms with van der Waals surface area (Å²) in [5.41, 5.74) is 2.41. The van der Waals surface area contributed by atoms with Gasteiger partial charge < -0.3 is 4.74 Å². The Labute approximate surface area is 158 Å². The number of esters is 1. The third-order valence-corrected chi connectivity index (χ3v) is 3.80. The van der Waals surface area contributed by atoms with E-state index in [4.69, 9.17) is 4.74 Å². The minimum Gasteiger partial charge on any atom is -0.423 e. The molecule has 0 bridgehead atoms. The standard InChI is InChI=1S/C24H18O3/c25-23(17-11-19-7-3-1-4-8-19)21-13-15-22(16-14-21)27-24(26)18-12-20-9-5-2-6-10-20/h1-18H/b17-11+,18-12+. The van der Waals surface area contributed by atoms with Gasteiger partial charge in [0.25, 0.3) is 0 Å². The summed E-state index contributed by atoms with van der Waals surface area (Å²) in [6.45, 7) is 0. The van der Waals surface area contributed by atoms with E-state index in [1.807, 2.05) is 60.7 Å². The monoisotopic (exact) mass is 354 g/mol. The molecule has 0 saturated heterocycles. The number of allylic oxidation sites excluding steroid dienone is 1. The van der Waals surface area contributed by atoms with Crippen LogP contribution in [-0.4, -0.2) is 11.8 Å². The summed E-state index contributed by atoms with van der Waals surface area (Å²) in [6.07, 6.45) is 6.36. The van der Waals surface area contributed by atoms with E-state index in [0.29, 0.717) is 11.3 Å². The number of carbonyl (C=O) groups is 2. The maximum absolute atomic E-state index is 12.2. The second kappa shape index (κ2) is 9.11. The largest absolute Gasteiger partial charge is 0.423 e. The van der Waals surface area contributed by atoms with E-state index in [9.17, 15) is 9.59 Å². The molecule has 3 aromatic carbocycles. The Bertz CT molecular complexity index is 954. The summed E-state index contributed by atoms with van der Waals surface area (Å²) in [6, 6.07) is 25.6. The van der Waals surface area contributed by atoms with Gasteiger partial charge in [0.1, 0.15) is 5.75 Å². The molecule has 0 aliphatic rings. The molecule has 27 heavy (non-hydrogen) atoms. The first-order chi connectivity index (χ1) is 13.2. The second-order valence-corrected chi connectivity index (χ2v) is 5.80. The molecule has 0 unspecified atom stereocenters. The summed E-state index contributed by atoms with van der Waals surface area (Å²) in [5, 5.41) is 0. The van der Waals surface area contributed by atoms with Crippen molar-refractivity contribution in [3.8, 4) is 5.75 Å². The van der Waals surface area contributed by atoms with Crippen molar-refractivity contribution in [1.82, 2.24) is 0 Å². The third-order valence-electron chi connectivity index (χ3n) is 3.80. The SMILES string of the molecule is O=C(/C=C/c1ccccc1)Oc1ccc(C(=O)/C=C/c2ccccc2)cc1. The van der Waals surface area contributed by atoms with Crippen LogP contribution in [0.25, 0.3) is 12.2 Å². The van der Waals surface area contributed by atoms with Gasteiger partial charge in [0.2, 0.25) is 0 Å². The van der Waals surface area contributed by atoms with Crippen LogP contribution in [0.4, 0.5) is 0 Å². The van der Waals surface area contributed by atoms with Gasteiger partial charge in [0.05, 0.1) is 0 Å². The highest BCUT2D eigenvalue weighted by molar-refractivity contribution is 6.06. The fourth-order valence-corrected chi connectivity index (χ4v) is 2.40. The molecule has 0 atom stereocenters. The summed E-state index contributed by atoms with van der Waals surface area (Å²) in [4.78, 5) is 24.1. The molecule has 0 amide bonds. The molecule has 0 radical (unpaired) electrons. The molecule has 3 aromatic rings. The van der Waals surface area contributed by atoms with Crippen LogP contribution >= 0.6 is 0 Å². The number of ketones is 1. The lowest BCUT2D eigenvalue weighted by Crippen LogP contribution is -2.04. The Morgan fingerprint density at radius 2 is 1.15 bits per heavy atom. The van der Waals surface area contributed by atoms with Gasteiger partial charge in [-0.1, -0.05) is 66.7 Å². The normalized spacial score (nSPS) is 11.0. The van der Waals surface area contributed by atoms with E-state index in [0.717, 1.165) is 11.1 Å². The molecular weight excluding hydrogens is 336 g/mol. The average Bonchev–Trinajstić information content (AvgIpc) is 2.72. The van der Waals surface area contributed by atoms with Crippen LogP contribution in [0.15, 0.2) is 97.1 Å². The highest BCUT2D eigenvalue weighted by Crippen LogP contribution is 2.14. The van der Waals surface area contributed by atoms with Crippen LogP contribution in [0.1, 0.15) is 21.5 Å². The second-order valence-electron chi connectivity index (χ2n) is 5.80. The first kappa shape index (κ1) is 18.1. The molecule has 132 valence electrons. The fraction of sp³-hybridized carbons (Fsp3) is 0. The van der Waals surface area contributed by atoms with Gasteiger partial charge in [0, 0.05) is 11.6 Å². The van der Waals surface area contributed by atoms with Crippen molar-refractivity contribution in [3.05, 3.63) is 114 Å². The summed E-state index contributed by atoms with van der Waals surface area (Å²) in [5.74, 6) is -0.191. The quantitative estimate of drug-likeness (QED) is 0.264. The zero-order valence-corrected chi connectivity index (χ0v) is 14.6. The lowest BCUT2D eigenvalue weighted by molar-refractivity contribution is -0.128. The lowest BCUT2D eigenvalue weighted by Gasteiger charge is -2.02. The van der Waals surface area contributed by atoms with Crippen molar-refractivity contribution >= 4 is 23.9 Å². The molecule has 0 saturated carbocycles. The maximum atomic E-state index is 12.2. The van der Waals surface area contributed by atoms with E-state index in [1.54, 1.807) is 36.4 Å². The Morgan fingerprint density at radius 3 is 1.70 bits per heavy atom. The Kier molecular flexibility index (Phi) is 6.10. The van der Waals surface area contributed by atoms with Crippen LogP contribution < -0.4 is 4.74 Å². The minimum absolute atomic E-state index is 0.110. The number of hydrogen-bond acceptors (Lipinski definition) is 3. The Balaban J connectivity index is 1.58. The average molecular weight is 354 g/mol. The molecule has 0 spiro atoms. The number of rotatable bonds is 6. The molecule has 3 rings (SSSR count). The van der Waals surface area contributed by atoms with Gasteiger partial charge in [-0.25, -0.2) is 4.79 Å². The highest BCUT2D eigenvalue weighted by atomic mass is 16.5. The molecule has 0 N–H and O–H groups in total. The zero-order chi connectivity index (χ0) is 18.9. The van der Waals surface area contributed by atoms with Crippen LogP contribution in [-0.2, 0) is 4.79 Å². The van der Waals surface area contributed by atoms with Crippen molar-refractivity contribution < 1.29 is 14.3 Å². The van der Waals surface area contributed by atoms with Crippen LogP contribution in [0.5, 0.6) is 5.75 Å². The molecule has 0 aromatic heterocycles. The maximum Gasteiger partial charge on any atom is 0.336 e. The highest BCUT2D eigenvalue weighted by Gasteiger charge is 2.04. The van der Waals surface area contributed by atoms with Gasteiger partial charge >= 0.3 is 5.97 Å². The van der Waals surface area contributed by atoms with Crippen LogP contribution in [0.3, 0.4) is 0 Å². The van der Waals surface area contributed by atoms with Crippen molar-refractivity contribution in [3.63, 3.8) is 0 Å². The van der Waals surface area contributed by atoms with E-state index < -0.39 is 5.97 Å². The van der Waals surface area contributed by atoms with Crippen molar-refractivity contribution in [2.24, 2.45) is 0 Å². The number of hydrogen-bond donors (Lipinski definition) is 0. The molecule has 3 nitrogen and oxygen atoms in total. The van der Waals surface area contributed by atoms with E-state index in [-0.39, 0.29) is 5.78 Å². The number of benzene rings is 3. The molecular formula is C24H18O3. The van der Waals surface area contributed by atoms with Crippen molar-refractivity contribution in [1.29, 1.82) is 0 Å². The predicted octanol–water partition coefficient (Wildman–Crippen LogP) is 5.20. The first-order valence-electron chi connectivity index (χ1n) is 8.53. The van der Waals surface area contributed by atoms with Gasteiger partial charge in [-0.15, -0.1) is 0 Å². The summed E-state index contributed by atoms with van der Waals surface area (Å²) < 4.78 is 5.25. The van der Waals surface area contributed by atoms with Crippen LogP contribution in [0, 0.1) is 0 Å². The zero-order valence-electron chi connectivity index (χ0n) is 14.6. The Hall–Kier alpha value is -3.72. The third kappa shape index (κ3) is 5.65. The molecule has 0 aliphatic heterocycles. The van der Waals surface area contributed by atoms with Gasteiger partial charge in [-0.3, -0.25) is 4.79 Å². The minimum atomic E-state index is -0.470. The Morgan fingerprint density at radius 1 is 0.630 bits per heavy atom. The number of carbonyl (C=O) groups excluding carboxylic acids is 2. The smallest absolute Gasteiger partial charge is 0.336 e. The molecule has 0 heterocycles. The van der Waals surface area contributed by atoms with Gasteiger partial charge in [-0.05, 0) is 47.5 Å². The predicted molar refractivity (Wildman–Crippen MR) is 107 cm³/mol. The summed E-state index contributed by atoms with van der Waals surface area (Å²) in [7, 11) is 0. The topological polar surface area (TPSA) is 43.4 Å². The number of ether oxygens (including phenoxy) is 1. The molecule has 0 fully saturated rings. The van der Waals surface area contributed by atoms with E-state index in [1.165, 1.54) is 12.2 Å². The lowest BCUT2D eigenvalue weighted by atomic mass is 10.1. The van der Waals surface area contributed by atoms with Crippen molar-refractivity contribution in [2.45, 2.75) is 0 Å². The van der Waals surface area contributed by atoms with Gasteiger partial charge in [0.15, 0.2) is 5.78 Å². The summed E-state index contributed by atoms with van der Waals surface area (Å²) >= 11 is 0. The van der Waals surface area contributed by atoms with Crippen molar-refractivity contribution in [2.75, 3.05) is 0 Å². The fourth-order valence-electron chi connectivity index (χ4n) is 2.40. The first-order valence-corrected chi connectivity index (χ1v) is 8.53.